The number of nitrogens with zero attached hydrogens (tertiary/aromatic N) is 1. The molecule has 0 saturated heterocycles. The van der Waals surface area contributed by atoms with Crippen molar-refractivity contribution in [2.75, 3.05) is 0 Å². The second-order valence-electron chi connectivity index (χ2n) is 4.79. The first-order valence-electron chi connectivity index (χ1n) is 4.89. The molecule has 0 aliphatic heterocycles. The fourth-order valence-corrected chi connectivity index (χ4v) is 2.55. The van der Waals surface area contributed by atoms with Gasteiger partial charge in [-0.25, -0.2) is 9.89 Å². The molecule has 1 aliphatic rings. The first kappa shape index (κ1) is 9.71. The lowest BCUT2D eigenvalue weighted by Gasteiger charge is -2.16. The van der Waals surface area contributed by atoms with Gasteiger partial charge in [-0.3, -0.25) is 9.67 Å². The molecule has 1 aromatic heterocycles. The summed E-state index contributed by atoms with van der Waals surface area (Å²) in [5.74, 6) is 0. The van der Waals surface area contributed by atoms with Gasteiger partial charge < -0.3 is 0 Å². The number of nitrogens with one attached hydrogen (secondary N) is 2. The lowest BCUT2D eigenvalue weighted by Crippen LogP contribution is -2.21. The minimum absolute atomic E-state index is 0.113. The van der Waals surface area contributed by atoms with E-state index in [4.69, 9.17) is 12.2 Å². The van der Waals surface area contributed by atoms with Crippen LogP contribution >= 0.6 is 12.2 Å². The average Bonchev–Trinajstić information content (AvgIpc) is 2.56. The van der Waals surface area contributed by atoms with Crippen LogP contribution < -0.4 is 5.69 Å². The smallest absolute Gasteiger partial charge is 0.272 e. The van der Waals surface area contributed by atoms with Gasteiger partial charge in [0.2, 0.25) is 0 Å². The Morgan fingerprint density at radius 1 is 1.50 bits per heavy atom. The molecule has 0 spiro atoms. The van der Waals surface area contributed by atoms with Crippen molar-refractivity contribution in [3.63, 3.8) is 0 Å². The van der Waals surface area contributed by atoms with E-state index in [1.807, 2.05) is 0 Å². The molecule has 1 aliphatic carbocycles. The second kappa shape index (κ2) is 3.08. The van der Waals surface area contributed by atoms with E-state index in [0.29, 0.717) is 10.2 Å². The Hall–Kier alpha value is -0.840. The van der Waals surface area contributed by atoms with Crippen LogP contribution in [0.1, 0.15) is 39.2 Å². The van der Waals surface area contributed by atoms with E-state index in [-0.39, 0.29) is 11.7 Å². The van der Waals surface area contributed by atoms with Gasteiger partial charge in [-0.2, -0.15) is 0 Å². The van der Waals surface area contributed by atoms with Crippen molar-refractivity contribution in [1.82, 2.24) is 14.8 Å². The molecule has 0 amide bonds. The normalized spacial score (nSPS) is 25.4. The summed E-state index contributed by atoms with van der Waals surface area (Å²) < 4.78 is 2.18. The van der Waals surface area contributed by atoms with Gasteiger partial charge in [-0.15, -0.1) is 0 Å². The van der Waals surface area contributed by atoms with Crippen molar-refractivity contribution in [3.8, 4) is 0 Å². The van der Waals surface area contributed by atoms with Crippen LogP contribution in [-0.2, 0) is 0 Å². The van der Waals surface area contributed by atoms with E-state index in [1.54, 1.807) is 4.57 Å². The Morgan fingerprint density at radius 3 is 2.64 bits per heavy atom. The summed E-state index contributed by atoms with van der Waals surface area (Å²) in [6, 6.07) is 0.271. The van der Waals surface area contributed by atoms with Gasteiger partial charge in [0, 0.05) is 6.04 Å². The predicted molar refractivity (Wildman–Crippen MR) is 56.9 cm³/mol. The largest absolute Gasteiger partial charge is 0.342 e. The maximum absolute atomic E-state index is 11.4. The highest BCUT2D eigenvalue weighted by Crippen LogP contribution is 2.42. The molecule has 2 rings (SSSR count). The number of aromatic amines is 2. The predicted octanol–water partition coefficient (Wildman–Crippen LogP) is 1.99. The third-order valence-corrected chi connectivity index (χ3v) is 3.32. The minimum Gasteiger partial charge on any atom is -0.272 e. The number of aromatic nitrogens is 3. The molecule has 0 radical (unpaired) electrons. The summed E-state index contributed by atoms with van der Waals surface area (Å²) in [5.41, 5.74) is 0.223. The second-order valence-corrected chi connectivity index (χ2v) is 5.18. The molecule has 1 saturated carbocycles. The van der Waals surface area contributed by atoms with E-state index < -0.39 is 0 Å². The van der Waals surface area contributed by atoms with Crippen LogP contribution in [0.25, 0.3) is 0 Å². The van der Waals surface area contributed by atoms with Gasteiger partial charge in [0.05, 0.1) is 0 Å². The Labute approximate surface area is 87.3 Å². The highest BCUT2D eigenvalue weighted by Gasteiger charge is 2.32. The average molecular weight is 213 g/mol. The van der Waals surface area contributed by atoms with Crippen molar-refractivity contribution in [1.29, 1.82) is 0 Å². The summed E-state index contributed by atoms with van der Waals surface area (Å²) in [7, 11) is 0. The Kier molecular flexibility index (Phi) is 2.14. The highest BCUT2D eigenvalue weighted by molar-refractivity contribution is 7.71. The molecule has 1 aromatic rings. The number of rotatable bonds is 1. The quantitative estimate of drug-likeness (QED) is 0.701. The zero-order valence-corrected chi connectivity index (χ0v) is 9.28. The molecule has 5 heteroatoms. The third kappa shape index (κ3) is 1.56. The monoisotopic (exact) mass is 213 g/mol. The van der Waals surface area contributed by atoms with Crippen LogP contribution in [-0.4, -0.2) is 14.8 Å². The van der Waals surface area contributed by atoms with Crippen LogP contribution in [0.2, 0.25) is 0 Å². The van der Waals surface area contributed by atoms with Gasteiger partial charge >= 0.3 is 5.69 Å². The summed E-state index contributed by atoms with van der Waals surface area (Å²) in [4.78, 5) is 11.4. The van der Waals surface area contributed by atoms with Crippen molar-refractivity contribution in [2.45, 2.75) is 39.2 Å². The maximum Gasteiger partial charge on any atom is 0.342 e. The van der Waals surface area contributed by atoms with E-state index in [0.717, 1.165) is 19.3 Å². The molecule has 2 N–H and O–H groups in total. The number of hydrogen-bond acceptors (Lipinski definition) is 2. The van der Waals surface area contributed by atoms with Crippen LogP contribution in [0.3, 0.4) is 0 Å². The molecule has 14 heavy (non-hydrogen) atoms. The standard InChI is InChI=1S/C9H15N3OS/c1-9(2)4-3-6(5-9)12-7(13)10-11-8(12)14/h6H,3-5H2,1-2H3,(H,10,13)(H,11,14). The molecule has 1 fully saturated rings. The third-order valence-electron chi connectivity index (χ3n) is 3.02. The highest BCUT2D eigenvalue weighted by atomic mass is 32.1. The molecule has 78 valence electrons. The molecule has 0 bridgehead atoms. The van der Waals surface area contributed by atoms with Crippen molar-refractivity contribution >= 4 is 12.2 Å². The molecule has 4 nitrogen and oxygen atoms in total. The molecule has 1 unspecified atom stereocenters. The number of H-pyrrole nitrogens is 2. The fraction of sp³-hybridized carbons (Fsp3) is 0.778. The van der Waals surface area contributed by atoms with Crippen molar-refractivity contribution in [2.24, 2.45) is 5.41 Å². The lowest BCUT2D eigenvalue weighted by atomic mass is 9.92. The molecule has 1 atom stereocenters. The number of hydrogen-bond donors (Lipinski definition) is 2. The Balaban J connectivity index is 2.35. The Morgan fingerprint density at radius 2 is 2.21 bits per heavy atom. The molecule has 0 aromatic carbocycles. The topological polar surface area (TPSA) is 53.6 Å². The summed E-state index contributed by atoms with van der Waals surface area (Å²) in [6.45, 7) is 4.47. The van der Waals surface area contributed by atoms with Crippen molar-refractivity contribution in [3.05, 3.63) is 15.3 Å². The fourth-order valence-electron chi connectivity index (χ4n) is 2.27. The summed E-state index contributed by atoms with van der Waals surface area (Å²) in [6.07, 6.45) is 3.23. The molecular formula is C9H15N3OS. The molecule has 1 heterocycles. The van der Waals surface area contributed by atoms with Gasteiger partial charge in [0.1, 0.15) is 0 Å². The first-order chi connectivity index (χ1) is 6.49. The lowest BCUT2D eigenvalue weighted by molar-refractivity contribution is 0.356. The van der Waals surface area contributed by atoms with Crippen LogP contribution in [0.5, 0.6) is 0 Å². The first-order valence-corrected chi connectivity index (χ1v) is 5.30. The minimum atomic E-state index is -0.113. The SMILES string of the molecule is CC1(C)CCC(n2c(=O)[nH][nH]c2=S)C1. The van der Waals surface area contributed by atoms with E-state index >= 15 is 0 Å². The van der Waals surface area contributed by atoms with Gasteiger partial charge in [-0.1, -0.05) is 13.8 Å². The summed E-state index contributed by atoms with van der Waals surface area (Å²) >= 11 is 5.06. The molecular weight excluding hydrogens is 198 g/mol. The summed E-state index contributed by atoms with van der Waals surface area (Å²) in [5, 5.41) is 5.20. The van der Waals surface area contributed by atoms with Gasteiger partial charge in [-0.05, 0) is 36.9 Å². The van der Waals surface area contributed by atoms with Gasteiger partial charge in [0.25, 0.3) is 0 Å². The van der Waals surface area contributed by atoms with Crippen LogP contribution in [0, 0.1) is 10.2 Å². The maximum atomic E-state index is 11.4. The van der Waals surface area contributed by atoms with Crippen molar-refractivity contribution < 1.29 is 0 Å². The zero-order chi connectivity index (χ0) is 10.3. The van der Waals surface area contributed by atoms with Crippen LogP contribution in [0.4, 0.5) is 0 Å². The van der Waals surface area contributed by atoms with E-state index in [9.17, 15) is 4.79 Å². The Bertz CT molecular complexity index is 412. The van der Waals surface area contributed by atoms with Crippen LogP contribution in [0.15, 0.2) is 4.79 Å². The van der Waals surface area contributed by atoms with Gasteiger partial charge in [0.15, 0.2) is 4.77 Å². The van der Waals surface area contributed by atoms with E-state index in [2.05, 4.69) is 24.0 Å². The van der Waals surface area contributed by atoms with E-state index in [1.165, 1.54) is 0 Å². The zero-order valence-electron chi connectivity index (χ0n) is 8.46.